The monoisotopic (exact) mass is 284 g/mol. The van der Waals surface area contributed by atoms with Crippen LogP contribution in [-0.2, 0) is 13.0 Å². The number of aromatic nitrogens is 1. The van der Waals surface area contributed by atoms with Gasteiger partial charge in [-0.05, 0) is 43.2 Å². The Bertz CT molecular complexity index is 653. The molecule has 0 saturated heterocycles. The van der Waals surface area contributed by atoms with Gasteiger partial charge in [-0.1, -0.05) is 12.1 Å². The van der Waals surface area contributed by atoms with E-state index in [0.717, 1.165) is 24.4 Å². The van der Waals surface area contributed by atoms with Crippen LogP contribution in [0.2, 0.25) is 0 Å². The van der Waals surface area contributed by atoms with Crippen molar-refractivity contribution in [2.24, 2.45) is 0 Å². The van der Waals surface area contributed by atoms with Gasteiger partial charge in [-0.25, -0.2) is 4.98 Å². The molecule has 0 bridgehead atoms. The summed E-state index contributed by atoms with van der Waals surface area (Å²) in [5.41, 5.74) is 3.30. The van der Waals surface area contributed by atoms with Crippen LogP contribution in [0.1, 0.15) is 25.0 Å². The van der Waals surface area contributed by atoms with Crippen molar-refractivity contribution >= 4 is 5.69 Å². The lowest BCUT2D eigenvalue weighted by molar-refractivity contribution is 0.138. The molecule has 1 aromatic carbocycles. The van der Waals surface area contributed by atoms with Gasteiger partial charge >= 0.3 is 0 Å². The van der Waals surface area contributed by atoms with Crippen LogP contribution in [-0.4, -0.2) is 17.7 Å². The molecule has 0 unspecified atom stereocenters. The molecule has 0 aliphatic carbocycles. The third-order valence-corrected chi connectivity index (χ3v) is 3.57. The predicted molar refractivity (Wildman–Crippen MR) is 83.0 cm³/mol. The van der Waals surface area contributed by atoms with Crippen molar-refractivity contribution in [2.75, 3.05) is 12.4 Å². The molecule has 2 aromatic rings. The minimum absolute atomic E-state index is 0.0963. The number of hydrogen-bond acceptors (Lipinski definition) is 4. The molecule has 1 aliphatic rings. The van der Waals surface area contributed by atoms with Crippen LogP contribution in [0.5, 0.6) is 11.6 Å². The number of pyridine rings is 1. The average molecular weight is 284 g/mol. The number of rotatable bonds is 4. The number of nitrogens with zero attached hydrogens (tertiary/aromatic N) is 1. The van der Waals surface area contributed by atoms with Crippen molar-refractivity contribution in [3.8, 4) is 11.6 Å². The fraction of sp³-hybridized carbons (Fsp3) is 0.353. The second-order valence-corrected chi connectivity index (χ2v) is 5.89. The Morgan fingerprint density at radius 3 is 3.00 bits per heavy atom. The van der Waals surface area contributed by atoms with Crippen LogP contribution in [0.15, 0.2) is 36.5 Å². The summed E-state index contributed by atoms with van der Waals surface area (Å²) in [5, 5.41) is 3.36. The molecule has 1 aliphatic heterocycles. The Morgan fingerprint density at radius 2 is 2.19 bits per heavy atom. The number of anilines is 1. The van der Waals surface area contributed by atoms with E-state index < -0.39 is 0 Å². The van der Waals surface area contributed by atoms with E-state index in [1.807, 2.05) is 12.1 Å². The maximum Gasteiger partial charge on any atom is 0.237 e. The summed E-state index contributed by atoms with van der Waals surface area (Å²) in [4.78, 5) is 4.18. The van der Waals surface area contributed by atoms with E-state index >= 15 is 0 Å². The lowest BCUT2D eigenvalue weighted by Gasteiger charge is -2.16. The zero-order valence-electron chi connectivity index (χ0n) is 12.6. The lowest BCUT2D eigenvalue weighted by Crippen LogP contribution is -2.24. The SMILES string of the molecule is COc1ncccc1NCc1ccc2c(c1)CC(C)(C)O2. The first-order valence-corrected chi connectivity index (χ1v) is 7.11. The zero-order chi connectivity index (χ0) is 14.9. The van der Waals surface area contributed by atoms with Crippen molar-refractivity contribution in [3.63, 3.8) is 0 Å². The lowest BCUT2D eigenvalue weighted by atomic mass is 10.0. The molecule has 4 heteroatoms. The molecule has 0 atom stereocenters. The van der Waals surface area contributed by atoms with E-state index in [9.17, 15) is 0 Å². The van der Waals surface area contributed by atoms with Gasteiger partial charge in [-0.3, -0.25) is 0 Å². The van der Waals surface area contributed by atoms with Crippen LogP contribution in [0, 0.1) is 0 Å². The van der Waals surface area contributed by atoms with Crippen LogP contribution in [0.25, 0.3) is 0 Å². The molecule has 0 fully saturated rings. The summed E-state index contributed by atoms with van der Waals surface area (Å²) < 4.78 is 11.1. The maximum atomic E-state index is 5.90. The molecular formula is C17H20N2O2. The first-order valence-electron chi connectivity index (χ1n) is 7.11. The van der Waals surface area contributed by atoms with E-state index in [-0.39, 0.29) is 5.60 Å². The smallest absolute Gasteiger partial charge is 0.237 e. The van der Waals surface area contributed by atoms with Gasteiger partial charge in [-0.2, -0.15) is 0 Å². The topological polar surface area (TPSA) is 43.4 Å². The van der Waals surface area contributed by atoms with E-state index in [0.29, 0.717) is 5.88 Å². The van der Waals surface area contributed by atoms with Crippen LogP contribution in [0.3, 0.4) is 0 Å². The van der Waals surface area contributed by atoms with Crippen molar-refractivity contribution < 1.29 is 9.47 Å². The number of hydrogen-bond donors (Lipinski definition) is 1. The zero-order valence-corrected chi connectivity index (χ0v) is 12.6. The number of benzene rings is 1. The van der Waals surface area contributed by atoms with Gasteiger partial charge in [0.25, 0.3) is 0 Å². The summed E-state index contributed by atoms with van der Waals surface area (Å²) in [7, 11) is 1.63. The maximum absolute atomic E-state index is 5.90. The Morgan fingerprint density at radius 1 is 1.33 bits per heavy atom. The molecule has 0 radical (unpaired) electrons. The normalized spacial score (nSPS) is 15.2. The third kappa shape index (κ3) is 2.94. The Hall–Kier alpha value is -2.23. The summed E-state index contributed by atoms with van der Waals surface area (Å²) in [6.07, 6.45) is 2.67. The molecule has 110 valence electrons. The summed E-state index contributed by atoms with van der Waals surface area (Å²) >= 11 is 0. The quantitative estimate of drug-likeness (QED) is 0.934. The van der Waals surface area contributed by atoms with Gasteiger partial charge in [0.15, 0.2) is 0 Å². The van der Waals surface area contributed by atoms with E-state index in [1.165, 1.54) is 11.1 Å². The van der Waals surface area contributed by atoms with E-state index in [1.54, 1.807) is 13.3 Å². The molecule has 21 heavy (non-hydrogen) atoms. The molecule has 4 nitrogen and oxygen atoms in total. The Balaban J connectivity index is 1.72. The second kappa shape index (κ2) is 5.28. The highest BCUT2D eigenvalue weighted by molar-refractivity contribution is 5.52. The minimum atomic E-state index is -0.0963. The number of ether oxygens (including phenoxy) is 2. The van der Waals surface area contributed by atoms with Crippen molar-refractivity contribution in [2.45, 2.75) is 32.4 Å². The Labute approximate surface area is 125 Å². The highest BCUT2D eigenvalue weighted by Gasteiger charge is 2.29. The highest BCUT2D eigenvalue weighted by atomic mass is 16.5. The molecule has 3 rings (SSSR count). The van der Waals surface area contributed by atoms with Gasteiger partial charge in [0.2, 0.25) is 5.88 Å². The molecule has 2 heterocycles. The molecule has 1 aromatic heterocycles. The van der Waals surface area contributed by atoms with Gasteiger partial charge in [0.05, 0.1) is 12.8 Å². The molecular weight excluding hydrogens is 264 g/mol. The Kier molecular flexibility index (Phi) is 3.45. The predicted octanol–water partition coefficient (Wildman–Crippen LogP) is 3.42. The van der Waals surface area contributed by atoms with Crippen LogP contribution < -0.4 is 14.8 Å². The first kappa shape index (κ1) is 13.7. The fourth-order valence-corrected chi connectivity index (χ4v) is 2.66. The van der Waals surface area contributed by atoms with Gasteiger partial charge in [-0.15, -0.1) is 0 Å². The van der Waals surface area contributed by atoms with E-state index in [2.05, 4.69) is 42.3 Å². The van der Waals surface area contributed by atoms with Crippen LogP contribution >= 0.6 is 0 Å². The molecule has 0 saturated carbocycles. The standard InChI is InChI=1S/C17H20N2O2/c1-17(2)10-13-9-12(6-7-15(13)21-17)11-19-14-5-4-8-18-16(14)20-3/h4-9,19H,10-11H2,1-3H3. The van der Waals surface area contributed by atoms with Crippen molar-refractivity contribution in [3.05, 3.63) is 47.7 Å². The summed E-state index contributed by atoms with van der Waals surface area (Å²) in [6, 6.07) is 10.2. The van der Waals surface area contributed by atoms with Crippen LogP contribution in [0.4, 0.5) is 5.69 Å². The number of nitrogens with one attached hydrogen (secondary N) is 1. The average Bonchev–Trinajstić information content (AvgIpc) is 2.78. The molecule has 0 amide bonds. The van der Waals surface area contributed by atoms with Gasteiger partial charge in [0, 0.05) is 19.2 Å². The molecule has 0 spiro atoms. The fourth-order valence-electron chi connectivity index (χ4n) is 2.66. The van der Waals surface area contributed by atoms with E-state index in [4.69, 9.17) is 9.47 Å². The van der Waals surface area contributed by atoms with Crippen molar-refractivity contribution in [1.29, 1.82) is 0 Å². The highest BCUT2D eigenvalue weighted by Crippen LogP contribution is 2.35. The van der Waals surface area contributed by atoms with Crippen molar-refractivity contribution in [1.82, 2.24) is 4.98 Å². The molecule has 1 N–H and O–H groups in total. The van der Waals surface area contributed by atoms with Gasteiger partial charge < -0.3 is 14.8 Å². The number of fused-ring (bicyclic) bond motifs is 1. The first-order chi connectivity index (χ1) is 10.1. The third-order valence-electron chi connectivity index (χ3n) is 3.57. The minimum Gasteiger partial charge on any atom is -0.487 e. The van der Waals surface area contributed by atoms with Gasteiger partial charge in [0.1, 0.15) is 11.4 Å². The summed E-state index contributed by atoms with van der Waals surface area (Å²) in [6.45, 7) is 4.96. The second-order valence-electron chi connectivity index (χ2n) is 5.89. The number of methoxy groups -OCH3 is 1. The summed E-state index contributed by atoms with van der Waals surface area (Å²) in [5.74, 6) is 1.62. The largest absolute Gasteiger partial charge is 0.487 e.